The Kier molecular flexibility index (Phi) is 6.01. The summed E-state index contributed by atoms with van der Waals surface area (Å²) in [5, 5.41) is 24.3. The summed E-state index contributed by atoms with van der Waals surface area (Å²) in [7, 11) is -1.55. The zero-order chi connectivity index (χ0) is 28.3. The van der Waals surface area contributed by atoms with E-state index < -0.39 is 19.5 Å². The monoisotopic (exact) mass is 562 g/mol. The van der Waals surface area contributed by atoms with Gasteiger partial charge < -0.3 is 19.7 Å². The highest BCUT2D eigenvalue weighted by atomic mass is 28.3. The molecule has 218 valence electrons. The first-order chi connectivity index (χ1) is 18.7. The number of rotatable bonds is 0. The third-order valence-corrected chi connectivity index (χ3v) is 13.4. The highest BCUT2D eigenvalue weighted by molar-refractivity contribution is 6.83. The van der Waals surface area contributed by atoms with Gasteiger partial charge in [0.2, 0.25) is 0 Å². The van der Waals surface area contributed by atoms with Crippen molar-refractivity contribution in [2.24, 2.45) is 34.0 Å². The van der Waals surface area contributed by atoms with Crippen molar-refractivity contribution in [3.8, 4) is 11.5 Å². The summed E-state index contributed by atoms with van der Waals surface area (Å²) < 4.78 is 13.1. The van der Waals surface area contributed by atoms with Gasteiger partial charge in [0.1, 0.15) is 8.07 Å². The lowest BCUT2D eigenvalue weighted by Crippen LogP contribution is -2.70. The van der Waals surface area contributed by atoms with Crippen LogP contribution in [0, 0.1) is 45.5 Å². The molecule has 0 amide bonds. The first-order valence-electron chi connectivity index (χ1n) is 16.0. The topological polar surface area (TPSA) is 58.9 Å². The van der Waals surface area contributed by atoms with E-state index in [1.807, 2.05) is 0 Å². The van der Waals surface area contributed by atoms with Crippen molar-refractivity contribution >= 4 is 8.07 Å². The molecule has 0 aromatic heterocycles. The zero-order valence-corrected chi connectivity index (χ0v) is 26.6. The molecular weight excluding hydrogens is 512 g/mol. The van der Waals surface area contributed by atoms with Crippen molar-refractivity contribution in [1.29, 1.82) is 0 Å². The van der Waals surface area contributed by atoms with Crippen LogP contribution in [0.3, 0.4) is 0 Å². The Bertz CT molecular complexity index is 1260. The highest BCUT2D eigenvalue weighted by Crippen LogP contribution is 2.74. The normalized spacial score (nSPS) is 44.5. The van der Waals surface area contributed by atoms with Crippen LogP contribution in [0.25, 0.3) is 0 Å². The quantitative estimate of drug-likeness (QED) is 0.283. The Labute approximate surface area is 242 Å². The van der Waals surface area contributed by atoms with Crippen molar-refractivity contribution < 1.29 is 19.7 Å². The van der Waals surface area contributed by atoms with Crippen LogP contribution in [-0.2, 0) is 15.9 Å². The minimum Gasteiger partial charge on any atom is -0.393 e. The second-order valence-corrected chi connectivity index (χ2v) is 21.6. The molecule has 1 heterocycles. The Balaban J connectivity index is 1.36. The van der Waals surface area contributed by atoms with Gasteiger partial charge in [0.05, 0.1) is 24.9 Å². The second kappa shape index (κ2) is 8.70. The number of aliphatic hydroxyl groups is 2. The first-order valence-corrected chi connectivity index (χ1v) is 19.5. The summed E-state index contributed by atoms with van der Waals surface area (Å²) >= 11 is 0. The molecule has 4 saturated carbocycles. The average Bonchev–Trinajstić information content (AvgIpc) is 3.18. The molecule has 5 fully saturated rings. The second-order valence-electron chi connectivity index (χ2n) is 16.8. The van der Waals surface area contributed by atoms with Crippen molar-refractivity contribution in [3.63, 3.8) is 0 Å². The molecule has 40 heavy (non-hydrogen) atoms. The Morgan fingerprint density at radius 2 is 1.73 bits per heavy atom. The lowest BCUT2D eigenvalue weighted by atomic mass is 9.37. The largest absolute Gasteiger partial charge is 0.393 e. The van der Waals surface area contributed by atoms with E-state index in [1.54, 1.807) is 0 Å². The molecule has 4 nitrogen and oxygen atoms in total. The molecule has 1 aromatic carbocycles. The molecule has 5 heteroatoms. The fraction of sp³-hybridized carbons (Fsp3) is 0.771. The number of benzene rings is 1. The molecule has 0 bridgehead atoms. The smallest absolute Gasteiger partial charge is 0.171 e. The van der Waals surface area contributed by atoms with E-state index in [4.69, 9.17) is 9.47 Å². The van der Waals surface area contributed by atoms with Crippen LogP contribution in [0.4, 0.5) is 0 Å². The van der Waals surface area contributed by atoms with Gasteiger partial charge in [0.25, 0.3) is 0 Å². The van der Waals surface area contributed by atoms with E-state index in [0.717, 1.165) is 51.4 Å². The number of hydrogen-bond donors (Lipinski definition) is 2. The van der Waals surface area contributed by atoms with E-state index in [-0.39, 0.29) is 22.3 Å². The summed E-state index contributed by atoms with van der Waals surface area (Å²) in [5.41, 5.74) is 6.59. The Morgan fingerprint density at radius 3 is 2.45 bits per heavy atom. The van der Waals surface area contributed by atoms with Crippen molar-refractivity contribution in [3.05, 3.63) is 34.9 Å². The van der Waals surface area contributed by atoms with Gasteiger partial charge in [-0.25, -0.2) is 0 Å². The number of hydrogen-bond acceptors (Lipinski definition) is 4. The molecule has 2 unspecified atom stereocenters. The van der Waals surface area contributed by atoms with Gasteiger partial charge in [0, 0.05) is 29.2 Å². The summed E-state index contributed by atoms with van der Waals surface area (Å²) in [4.78, 5) is 0. The predicted octanol–water partition coefficient (Wildman–Crippen LogP) is 6.43. The summed E-state index contributed by atoms with van der Waals surface area (Å²) in [6.07, 6.45) is 7.95. The van der Waals surface area contributed by atoms with Crippen LogP contribution in [0.15, 0.2) is 18.2 Å². The van der Waals surface area contributed by atoms with Crippen LogP contribution in [0.1, 0.15) is 94.7 Å². The third kappa shape index (κ3) is 3.92. The van der Waals surface area contributed by atoms with Gasteiger partial charge in [-0.1, -0.05) is 58.5 Å². The predicted molar refractivity (Wildman–Crippen MR) is 160 cm³/mol. The molecule has 1 saturated heterocycles. The number of fused-ring (bicyclic) bond motifs is 4. The maximum absolute atomic E-state index is 13.0. The lowest BCUT2D eigenvalue weighted by molar-refractivity contribution is -0.357. The van der Waals surface area contributed by atoms with E-state index in [2.05, 4.69) is 70.1 Å². The van der Waals surface area contributed by atoms with Gasteiger partial charge >= 0.3 is 0 Å². The first kappa shape index (κ1) is 27.7. The summed E-state index contributed by atoms with van der Waals surface area (Å²) in [5.74, 6) is 4.86. The molecule has 2 N–H and O–H groups in total. The van der Waals surface area contributed by atoms with E-state index in [9.17, 15) is 10.2 Å². The fourth-order valence-electron chi connectivity index (χ4n) is 10.6. The molecular formula is C35H50O4Si. The molecule has 2 spiro atoms. The minimum atomic E-state index is -1.55. The lowest BCUT2D eigenvalue weighted by Gasteiger charge is -2.70. The standard InChI is InChI=1S/C35H50O4Si/c1-31(2)21-38-35(39-22-31)16-15-33-19-26-23(13-17-40(4,5)6)8-7-9-24(26)27-18-32(3)28(10-11-29(32)36)25(30(27)33)12-14-34(33,37)20-35/h7-9,25,27-30,36-37H,10-12,14-16,18-22H2,1-6H3/t25-,27?,28-,29-,30?,32-,33-,34+/m0/s1. The fourth-order valence-corrected chi connectivity index (χ4v) is 11.1. The van der Waals surface area contributed by atoms with E-state index >= 15 is 0 Å². The SMILES string of the molecule is CC1(C)COC2(CC[C@@]34Cc5c(C#C[Si](C)(C)C)cccc5C5C[C@]6(C)[C@@H](O)CC[C@H]6[C@H](CC[C@@]3(O)C2)C54)OC1. The van der Waals surface area contributed by atoms with Crippen molar-refractivity contribution in [2.45, 2.75) is 122 Å². The van der Waals surface area contributed by atoms with Crippen LogP contribution in [-0.4, -0.2) is 49.0 Å². The van der Waals surface area contributed by atoms with Gasteiger partial charge in [0.15, 0.2) is 5.79 Å². The van der Waals surface area contributed by atoms with Crippen molar-refractivity contribution in [2.75, 3.05) is 13.2 Å². The van der Waals surface area contributed by atoms with Gasteiger partial charge in [-0.2, -0.15) is 0 Å². The zero-order valence-electron chi connectivity index (χ0n) is 25.6. The maximum Gasteiger partial charge on any atom is 0.171 e. The molecule has 6 aliphatic rings. The Morgan fingerprint density at radius 1 is 0.975 bits per heavy atom. The number of aliphatic hydroxyl groups excluding tert-OH is 1. The molecule has 0 radical (unpaired) electrons. The van der Waals surface area contributed by atoms with Crippen LogP contribution in [0.2, 0.25) is 19.6 Å². The van der Waals surface area contributed by atoms with Crippen molar-refractivity contribution in [1.82, 2.24) is 0 Å². The molecule has 1 aromatic rings. The third-order valence-electron chi connectivity index (χ3n) is 12.5. The van der Waals surface area contributed by atoms with Crippen LogP contribution >= 0.6 is 0 Å². The molecule has 8 atom stereocenters. The van der Waals surface area contributed by atoms with Crippen LogP contribution < -0.4 is 0 Å². The Hall–Kier alpha value is -1.16. The minimum absolute atomic E-state index is 0.0105. The van der Waals surface area contributed by atoms with Gasteiger partial charge in [-0.15, -0.1) is 5.54 Å². The summed E-state index contributed by atoms with van der Waals surface area (Å²) in [6.45, 7) is 15.1. The van der Waals surface area contributed by atoms with E-state index in [1.165, 1.54) is 16.7 Å². The molecule has 1 aliphatic heterocycles. The highest BCUT2D eigenvalue weighted by Gasteiger charge is 2.72. The summed E-state index contributed by atoms with van der Waals surface area (Å²) in [6, 6.07) is 6.80. The van der Waals surface area contributed by atoms with E-state index in [0.29, 0.717) is 43.3 Å². The maximum atomic E-state index is 13.0. The molecule has 5 aliphatic carbocycles. The van der Waals surface area contributed by atoms with Crippen LogP contribution in [0.5, 0.6) is 0 Å². The average molecular weight is 563 g/mol. The molecule has 7 rings (SSSR count). The number of ether oxygens (including phenoxy) is 2. The van der Waals surface area contributed by atoms with Gasteiger partial charge in [-0.3, -0.25) is 0 Å². The van der Waals surface area contributed by atoms with Gasteiger partial charge in [-0.05, 0) is 91.2 Å².